The van der Waals surface area contributed by atoms with Crippen molar-refractivity contribution in [3.63, 3.8) is 0 Å². The summed E-state index contributed by atoms with van der Waals surface area (Å²) in [7, 11) is 3.39. The van der Waals surface area contributed by atoms with Gasteiger partial charge in [-0.05, 0) is 81.9 Å². The molecule has 0 aromatic carbocycles. The number of hydrogen-bond donors (Lipinski definition) is 0. The first-order valence-corrected chi connectivity index (χ1v) is 23.4. The van der Waals surface area contributed by atoms with Crippen molar-refractivity contribution in [1.82, 2.24) is 38.5 Å². The van der Waals surface area contributed by atoms with Gasteiger partial charge in [-0.2, -0.15) is 0 Å². The van der Waals surface area contributed by atoms with Gasteiger partial charge in [0.2, 0.25) is 5.56 Å². The molecule has 0 unspecified atom stereocenters. The average molecular weight is 897 g/mol. The molecular formula is C53H100N8O3. The summed E-state index contributed by atoms with van der Waals surface area (Å²) in [6, 6.07) is 11.0. The van der Waals surface area contributed by atoms with Gasteiger partial charge in [-0.1, -0.05) is 150 Å². The van der Waals surface area contributed by atoms with Gasteiger partial charge in [0.1, 0.15) is 6.33 Å². The van der Waals surface area contributed by atoms with Crippen LogP contribution in [0.15, 0.2) is 137 Å². The van der Waals surface area contributed by atoms with Crippen molar-refractivity contribution in [2.75, 3.05) is 0 Å². The zero-order valence-electron chi connectivity index (χ0n) is 45.8. The molecule has 0 fully saturated rings. The molecule has 1 aliphatic rings. The van der Waals surface area contributed by atoms with E-state index >= 15 is 0 Å². The Morgan fingerprint density at radius 2 is 0.891 bits per heavy atom. The quantitative estimate of drug-likeness (QED) is 0.195. The number of pyridine rings is 1. The molecule has 370 valence electrons. The first-order valence-electron chi connectivity index (χ1n) is 23.4. The lowest BCUT2D eigenvalue weighted by molar-refractivity contribution is 0.394. The van der Waals surface area contributed by atoms with Crippen LogP contribution in [0, 0.1) is 17.8 Å². The zero-order chi connectivity index (χ0) is 52.1. The molecule has 0 aliphatic carbocycles. The molecule has 5 heterocycles. The van der Waals surface area contributed by atoms with E-state index in [1.54, 1.807) is 73.9 Å². The third kappa shape index (κ3) is 63.4. The minimum atomic E-state index is -0.215. The molecule has 0 atom stereocenters. The second-order valence-corrected chi connectivity index (χ2v) is 14.4. The predicted molar refractivity (Wildman–Crippen MR) is 285 cm³/mol. The number of rotatable bonds is 2. The molecule has 1 aliphatic heterocycles. The highest BCUT2D eigenvalue weighted by Gasteiger charge is 2.06. The van der Waals surface area contributed by atoms with E-state index < -0.39 is 0 Å². The maximum Gasteiger partial charge on any atom is 0.347 e. The lowest BCUT2D eigenvalue weighted by atomic mass is 10.2. The Morgan fingerprint density at radius 1 is 0.484 bits per heavy atom. The Bertz CT molecular complexity index is 1610. The van der Waals surface area contributed by atoms with E-state index in [0.717, 1.165) is 23.5 Å². The Balaban J connectivity index is -0.0000000924. The molecular weight excluding hydrogens is 797 g/mol. The van der Waals surface area contributed by atoms with Crippen LogP contribution in [0.4, 0.5) is 0 Å². The number of nitrogens with zero attached hydrogens (tertiary/aromatic N) is 8. The largest absolute Gasteiger partial charge is 0.347 e. The molecule has 11 nitrogen and oxygen atoms in total. The normalized spacial score (nSPS) is 9.47. The molecule has 4 aromatic heterocycles. The van der Waals surface area contributed by atoms with Gasteiger partial charge in [0.05, 0.1) is 0 Å². The van der Waals surface area contributed by atoms with Crippen LogP contribution in [0.3, 0.4) is 0 Å². The fraction of sp³-hybridized carbons (Fsp3) is 0.566. The minimum absolute atomic E-state index is 0.0347. The molecule has 0 amide bonds. The number of hydrogen-bond acceptors (Lipinski definition) is 8. The Labute approximate surface area is 394 Å². The van der Waals surface area contributed by atoms with Crippen molar-refractivity contribution in [3.8, 4) is 0 Å². The van der Waals surface area contributed by atoms with Gasteiger partial charge in [-0.3, -0.25) is 9.36 Å². The van der Waals surface area contributed by atoms with E-state index in [1.807, 2.05) is 114 Å². The third-order valence-electron chi connectivity index (χ3n) is 5.20. The summed E-state index contributed by atoms with van der Waals surface area (Å²) < 4.78 is 4.53. The predicted octanol–water partition coefficient (Wildman–Crippen LogP) is 13.9. The Kier molecular flexibility index (Phi) is 71.3. The van der Waals surface area contributed by atoms with Crippen LogP contribution in [0.1, 0.15) is 165 Å². The molecule has 5 rings (SSSR count). The molecule has 4 aromatic rings. The second kappa shape index (κ2) is 59.9. The van der Waals surface area contributed by atoms with Gasteiger partial charge in [0, 0.05) is 87.5 Å². The van der Waals surface area contributed by atoms with E-state index in [0.29, 0.717) is 6.04 Å². The summed E-state index contributed by atoms with van der Waals surface area (Å²) in [5.41, 5.74) is 0.704. The fourth-order valence-corrected chi connectivity index (χ4v) is 2.95. The molecule has 11 heteroatoms. The summed E-state index contributed by atoms with van der Waals surface area (Å²) in [6.07, 6.45) is 21.1. The van der Waals surface area contributed by atoms with E-state index in [4.69, 9.17) is 0 Å². The van der Waals surface area contributed by atoms with Crippen LogP contribution in [-0.2, 0) is 14.1 Å². The Morgan fingerprint density at radius 3 is 1.11 bits per heavy atom. The van der Waals surface area contributed by atoms with Crippen LogP contribution < -0.4 is 16.9 Å². The highest BCUT2D eigenvalue weighted by atomic mass is 16.1. The van der Waals surface area contributed by atoms with Crippen LogP contribution in [0.25, 0.3) is 0 Å². The lowest BCUT2D eigenvalue weighted by Gasteiger charge is -2.26. The number of aryl methyl sites for hydroxylation is 2. The smallest absolute Gasteiger partial charge is 0.346 e. The van der Waals surface area contributed by atoms with Crippen LogP contribution in [0.5, 0.6) is 0 Å². The first kappa shape index (κ1) is 76.1. The molecule has 0 saturated heterocycles. The monoisotopic (exact) mass is 897 g/mol. The van der Waals surface area contributed by atoms with Crippen LogP contribution >= 0.6 is 0 Å². The van der Waals surface area contributed by atoms with Crippen LogP contribution in [0.2, 0.25) is 0 Å². The van der Waals surface area contributed by atoms with Crippen molar-refractivity contribution in [2.45, 2.75) is 171 Å². The van der Waals surface area contributed by atoms with E-state index in [-0.39, 0.29) is 23.0 Å². The van der Waals surface area contributed by atoms with Crippen molar-refractivity contribution >= 4 is 0 Å². The summed E-state index contributed by atoms with van der Waals surface area (Å²) in [5, 5.41) is 0. The van der Waals surface area contributed by atoms with Crippen LogP contribution in [-0.4, -0.2) is 44.6 Å². The molecule has 0 bridgehead atoms. The summed E-state index contributed by atoms with van der Waals surface area (Å²) >= 11 is 0. The molecule has 0 saturated carbocycles. The highest BCUT2D eigenvalue weighted by molar-refractivity contribution is 5.25. The van der Waals surface area contributed by atoms with Gasteiger partial charge < -0.3 is 14.0 Å². The third-order valence-corrected chi connectivity index (χ3v) is 5.20. The number of aromatic nitrogens is 7. The van der Waals surface area contributed by atoms with Gasteiger partial charge in [-0.15, -0.1) is 0 Å². The van der Waals surface area contributed by atoms with Crippen molar-refractivity contribution in [2.24, 2.45) is 31.8 Å². The molecule has 64 heavy (non-hydrogen) atoms. The van der Waals surface area contributed by atoms with E-state index in [1.165, 1.54) is 33.9 Å². The zero-order valence-corrected chi connectivity index (χ0v) is 45.8. The first-order chi connectivity index (χ1) is 30.2. The second-order valence-electron chi connectivity index (χ2n) is 14.4. The van der Waals surface area contributed by atoms with Gasteiger partial charge in [-0.25, -0.2) is 29.5 Å². The summed E-state index contributed by atoms with van der Waals surface area (Å²) in [5.74, 6) is 2.50. The minimum Gasteiger partial charge on any atom is -0.346 e. The summed E-state index contributed by atoms with van der Waals surface area (Å²) in [4.78, 5) is 48.5. The van der Waals surface area contributed by atoms with E-state index in [2.05, 4.69) is 108 Å². The van der Waals surface area contributed by atoms with Crippen molar-refractivity contribution in [3.05, 3.63) is 154 Å². The standard InChI is InChI=1S/C9H13N.C7H10N2O.C6H7NO.C5H6N2O.C4H4N2.3C4H10.5C2H6/c1-8(2)10-7-5-4-6-9(10)3;1-6(2)9-5-3-4-8-7(9)10;1-7-5-3-2-4-6(7)8;1-7-4-2-3-6-5(7)8;1-2-5-4-6-3-1;3*1-4(2)3;5*1-2/h4-8H,3H2,1-2H3;3-6H,1-2H3;2-5H,1H3;2-4H,1H3;1-4H;3*4H,1-3H3;5*1-2H3. The maximum absolute atomic E-state index is 10.9. The van der Waals surface area contributed by atoms with Gasteiger partial charge >= 0.3 is 11.4 Å². The van der Waals surface area contributed by atoms with Gasteiger partial charge in [0.25, 0.3) is 0 Å². The average Bonchev–Trinajstić information content (AvgIpc) is 3.28. The van der Waals surface area contributed by atoms with E-state index in [9.17, 15) is 14.4 Å². The van der Waals surface area contributed by atoms with Crippen molar-refractivity contribution < 1.29 is 0 Å². The number of allylic oxidation sites excluding steroid dienone is 3. The molecule has 0 N–H and O–H groups in total. The lowest BCUT2D eigenvalue weighted by Crippen LogP contribution is -2.24. The Hall–Kier alpha value is -5.19. The van der Waals surface area contributed by atoms with Crippen molar-refractivity contribution in [1.29, 1.82) is 0 Å². The van der Waals surface area contributed by atoms with Gasteiger partial charge in [0.15, 0.2) is 0 Å². The summed E-state index contributed by atoms with van der Waals surface area (Å²) in [6.45, 7) is 51.6. The molecule has 0 radical (unpaired) electrons. The topological polar surface area (TPSA) is 121 Å². The maximum atomic E-state index is 10.9. The highest BCUT2D eigenvalue weighted by Crippen LogP contribution is 2.13. The fourth-order valence-electron chi connectivity index (χ4n) is 2.95. The molecule has 0 spiro atoms. The SMILES string of the molecule is C=C1C=CC=CN1C(C)C.CC.CC.CC.CC.CC.CC(C)C.CC(C)C.CC(C)C.CC(C)n1cccnc1=O.Cn1ccccc1=O.Cn1cccnc1=O.c1cncnc1.